The molecule has 0 aromatic heterocycles. The number of hydrogen-bond donors (Lipinski definition) is 2. The Hall–Kier alpha value is -2.45. The summed E-state index contributed by atoms with van der Waals surface area (Å²) in [7, 11) is 0. The maximum atomic E-state index is 13.7. The third-order valence-electron chi connectivity index (χ3n) is 7.39. The van der Waals surface area contributed by atoms with Crippen LogP contribution in [0.15, 0.2) is 30.3 Å². The Labute approximate surface area is 188 Å². The molecule has 8 heteroatoms. The average Bonchev–Trinajstić information content (AvgIpc) is 3.35. The fourth-order valence-electron chi connectivity index (χ4n) is 5.94. The van der Waals surface area contributed by atoms with E-state index in [0.29, 0.717) is 25.8 Å². The zero-order valence-electron chi connectivity index (χ0n) is 18.9. The van der Waals surface area contributed by atoms with Crippen molar-refractivity contribution in [3.8, 4) is 0 Å². The van der Waals surface area contributed by atoms with Crippen molar-refractivity contribution in [2.75, 3.05) is 13.2 Å². The van der Waals surface area contributed by atoms with Gasteiger partial charge in [-0.05, 0) is 38.7 Å². The van der Waals surface area contributed by atoms with Crippen molar-refractivity contribution in [3.63, 3.8) is 0 Å². The van der Waals surface area contributed by atoms with E-state index in [0.717, 1.165) is 5.56 Å². The number of aliphatic hydroxyl groups excluding tert-OH is 1. The number of carbonyl (C=O) groups is 3. The molecule has 1 aromatic carbocycles. The van der Waals surface area contributed by atoms with Gasteiger partial charge in [0, 0.05) is 6.54 Å². The Morgan fingerprint density at radius 3 is 2.62 bits per heavy atom. The van der Waals surface area contributed by atoms with Gasteiger partial charge in [-0.3, -0.25) is 14.4 Å². The van der Waals surface area contributed by atoms with E-state index in [9.17, 15) is 19.5 Å². The predicted octanol–water partition coefficient (Wildman–Crippen LogP) is 1.40. The Balaban J connectivity index is 1.70. The van der Waals surface area contributed by atoms with Gasteiger partial charge in [0.05, 0.1) is 30.8 Å². The maximum Gasteiger partial charge on any atom is 0.312 e. The van der Waals surface area contributed by atoms with Crippen LogP contribution in [-0.4, -0.2) is 64.3 Å². The van der Waals surface area contributed by atoms with Crippen LogP contribution < -0.4 is 5.32 Å². The van der Waals surface area contributed by atoms with Crippen molar-refractivity contribution >= 4 is 17.8 Å². The molecule has 0 saturated carbocycles. The summed E-state index contributed by atoms with van der Waals surface area (Å²) >= 11 is 0. The molecule has 2 N–H and O–H groups in total. The number of nitrogens with zero attached hydrogens (tertiary/aromatic N) is 1. The van der Waals surface area contributed by atoms with Crippen LogP contribution in [0.3, 0.4) is 0 Å². The van der Waals surface area contributed by atoms with Gasteiger partial charge in [0.15, 0.2) is 0 Å². The summed E-state index contributed by atoms with van der Waals surface area (Å²) in [5, 5.41) is 12.9. The fraction of sp³-hybridized carbons (Fsp3) is 0.625. The minimum Gasteiger partial charge on any atom is -0.466 e. The largest absolute Gasteiger partial charge is 0.466 e. The van der Waals surface area contributed by atoms with Crippen LogP contribution in [0.25, 0.3) is 0 Å². The van der Waals surface area contributed by atoms with E-state index >= 15 is 0 Å². The summed E-state index contributed by atoms with van der Waals surface area (Å²) in [5.41, 5.74) is -1.02. The zero-order valence-corrected chi connectivity index (χ0v) is 18.9. The van der Waals surface area contributed by atoms with Gasteiger partial charge in [-0.2, -0.15) is 0 Å². The molecule has 32 heavy (non-hydrogen) atoms. The molecule has 4 rings (SSSR count). The molecule has 3 aliphatic rings. The van der Waals surface area contributed by atoms with Crippen molar-refractivity contribution in [3.05, 3.63) is 35.9 Å². The van der Waals surface area contributed by atoms with Gasteiger partial charge in [0.2, 0.25) is 11.8 Å². The topological polar surface area (TPSA) is 105 Å². The second-order valence-corrected chi connectivity index (χ2v) is 9.17. The third kappa shape index (κ3) is 3.31. The molecule has 2 bridgehead atoms. The molecular weight excluding hydrogens is 412 g/mol. The normalized spacial score (nSPS) is 33.8. The number of fused-ring (bicyclic) bond motifs is 1. The van der Waals surface area contributed by atoms with E-state index in [1.165, 1.54) is 4.90 Å². The molecule has 3 heterocycles. The minimum atomic E-state index is -1.10. The van der Waals surface area contributed by atoms with Crippen molar-refractivity contribution in [2.24, 2.45) is 11.8 Å². The molecule has 2 amide bonds. The molecule has 3 saturated heterocycles. The molecule has 0 aliphatic carbocycles. The first-order chi connectivity index (χ1) is 15.3. The quantitative estimate of drug-likeness (QED) is 0.588. The summed E-state index contributed by atoms with van der Waals surface area (Å²) in [6.07, 6.45) is 1.54. The maximum absolute atomic E-state index is 13.7. The molecule has 174 valence electrons. The van der Waals surface area contributed by atoms with Crippen LogP contribution in [-0.2, 0) is 30.4 Å². The lowest BCUT2D eigenvalue weighted by Gasteiger charge is -2.36. The van der Waals surface area contributed by atoms with Gasteiger partial charge in [-0.25, -0.2) is 0 Å². The molecule has 8 nitrogen and oxygen atoms in total. The van der Waals surface area contributed by atoms with E-state index in [-0.39, 0.29) is 25.0 Å². The van der Waals surface area contributed by atoms with E-state index in [1.54, 1.807) is 6.92 Å². The van der Waals surface area contributed by atoms with Crippen molar-refractivity contribution < 1.29 is 29.0 Å². The monoisotopic (exact) mass is 444 g/mol. The van der Waals surface area contributed by atoms with E-state index in [1.807, 2.05) is 44.2 Å². The van der Waals surface area contributed by atoms with E-state index in [4.69, 9.17) is 9.47 Å². The Morgan fingerprint density at radius 1 is 1.28 bits per heavy atom. The van der Waals surface area contributed by atoms with Crippen LogP contribution in [0.1, 0.15) is 45.6 Å². The predicted molar refractivity (Wildman–Crippen MR) is 115 cm³/mol. The Morgan fingerprint density at radius 2 is 2.00 bits per heavy atom. The Bertz CT molecular complexity index is 888. The highest BCUT2D eigenvalue weighted by atomic mass is 16.6. The van der Waals surface area contributed by atoms with Crippen LogP contribution in [0, 0.1) is 11.8 Å². The van der Waals surface area contributed by atoms with Crippen LogP contribution in [0.4, 0.5) is 0 Å². The van der Waals surface area contributed by atoms with Crippen LogP contribution >= 0.6 is 0 Å². The van der Waals surface area contributed by atoms with Crippen molar-refractivity contribution in [1.82, 2.24) is 10.2 Å². The number of nitrogens with one attached hydrogen (secondary N) is 1. The summed E-state index contributed by atoms with van der Waals surface area (Å²) in [6, 6.07) is 8.07. The number of aliphatic hydroxyl groups is 1. The summed E-state index contributed by atoms with van der Waals surface area (Å²) in [4.78, 5) is 41.7. The molecule has 6 atom stereocenters. The summed E-state index contributed by atoms with van der Waals surface area (Å²) in [5.74, 6) is -2.67. The number of likely N-dealkylation sites (tertiary alicyclic amines) is 1. The van der Waals surface area contributed by atoms with Crippen LogP contribution in [0.5, 0.6) is 0 Å². The number of hydrogen-bond acceptors (Lipinski definition) is 6. The van der Waals surface area contributed by atoms with E-state index in [2.05, 4.69) is 5.32 Å². The summed E-state index contributed by atoms with van der Waals surface area (Å²) in [6.45, 7) is 5.68. The summed E-state index contributed by atoms with van der Waals surface area (Å²) < 4.78 is 11.8. The molecule has 2 unspecified atom stereocenters. The molecule has 3 aliphatic heterocycles. The second kappa shape index (κ2) is 8.48. The standard InChI is InChI=1S/C24H32N2O6/c1-4-16(14-27)26-19(20(28)25-13-15-9-7-6-8-10-15)24-12-11-23(3,32-24)18(17(24)21(26)29)22(30)31-5-2/h6-10,16-19,27H,4-5,11-14H2,1-3H3,(H,25,28)/t16-,17-,18+,19?,23-,24?/m0/s1. The number of esters is 1. The van der Waals surface area contributed by atoms with Crippen molar-refractivity contribution in [1.29, 1.82) is 0 Å². The number of rotatable bonds is 8. The lowest BCUT2D eigenvalue weighted by Crippen LogP contribution is -2.57. The van der Waals surface area contributed by atoms with Gasteiger partial charge < -0.3 is 24.8 Å². The van der Waals surface area contributed by atoms with Gasteiger partial charge in [-0.15, -0.1) is 0 Å². The van der Waals surface area contributed by atoms with Crippen molar-refractivity contribution in [2.45, 2.75) is 69.9 Å². The second-order valence-electron chi connectivity index (χ2n) is 9.17. The zero-order chi connectivity index (χ0) is 23.1. The highest BCUT2D eigenvalue weighted by molar-refractivity contribution is 5.98. The number of benzene rings is 1. The highest BCUT2D eigenvalue weighted by Gasteiger charge is 2.78. The molecule has 3 fully saturated rings. The fourth-order valence-corrected chi connectivity index (χ4v) is 5.94. The lowest BCUT2D eigenvalue weighted by molar-refractivity contribution is -0.160. The number of ether oxygens (including phenoxy) is 2. The average molecular weight is 445 g/mol. The molecule has 0 radical (unpaired) electrons. The van der Waals surface area contributed by atoms with Gasteiger partial charge in [0.25, 0.3) is 0 Å². The number of amides is 2. The highest BCUT2D eigenvalue weighted by Crippen LogP contribution is 2.63. The minimum absolute atomic E-state index is 0.207. The molecule has 1 spiro atoms. The van der Waals surface area contributed by atoms with Gasteiger partial charge >= 0.3 is 5.97 Å². The molecular formula is C24H32N2O6. The Kier molecular flexibility index (Phi) is 6.02. The first-order valence-corrected chi connectivity index (χ1v) is 11.4. The SMILES string of the molecule is CCOC(=O)[C@H]1[C@H]2C(=O)N([C@@H](CC)CO)C(C(=O)NCc3ccccc3)C23CC[C@]1(C)O3. The first kappa shape index (κ1) is 22.7. The third-order valence-corrected chi connectivity index (χ3v) is 7.39. The number of carbonyl (C=O) groups excluding carboxylic acids is 3. The van der Waals surface area contributed by atoms with E-state index < -0.39 is 41.1 Å². The first-order valence-electron chi connectivity index (χ1n) is 11.4. The smallest absolute Gasteiger partial charge is 0.312 e. The molecule has 1 aromatic rings. The lowest BCUT2D eigenvalue weighted by atomic mass is 9.66. The van der Waals surface area contributed by atoms with Gasteiger partial charge in [0.1, 0.15) is 17.6 Å². The van der Waals surface area contributed by atoms with Crippen LogP contribution in [0.2, 0.25) is 0 Å². The van der Waals surface area contributed by atoms with Gasteiger partial charge in [-0.1, -0.05) is 37.3 Å².